The van der Waals surface area contributed by atoms with E-state index in [9.17, 15) is 9.59 Å². The molecular formula is C17H21N7O3. The zero-order chi connectivity index (χ0) is 20.1. The molecule has 0 aliphatic heterocycles. The number of aromatic nitrogens is 4. The lowest BCUT2D eigenvalue weighted by Crippen LogP contribution is -2.33. The van der Waals surface area contributed by atoms with Crippen molar-refractivity contribution in [3.05, 3.63) is 42.1 Å². The van der Waals surface area contributed by atoms with Crippen molar-refractivity contribution in [1.29, 1.82) is 0 Å². The topological polar surface area (TPSA) is 130 Å². The summed E-state index contributed by atoms with van der Waals surface area (Å²) in [5.41, 5.74) is 6.81. The fourth-order valence-electron chi connectivity index (χ4n) is 2.14. The van der Waals surface area contributed by atoms with E-state index in [1.807, 2.05) is 6.07 Å². The standard InChI is InChI=1S/C12H9N5O2.C5H12N2O/c13-9-5-7(12(18)19)6-10-15-11(16-17(9)10)8-3-1-2-4-14-8;1-6(2)5(8)7(3)4/h1-6H,13H2,(H,18,19);1-4H3. The molecule has 3 heterocycles. The number of amides is 2. The van der Waals surface area contributed by atoms with Crippen LogP contribution in [-0.4, -0.2) is 74.7 Å². The third kappa shape index (κ3) is 4.69. The van der Waals surface area contributed by atoms with Gasteiger partial charge >= 0.3 is 12.0 Å². The number of carbonyl (C=O) groups is 2. The second-order valence-corrected chi connectivity index (χ2v) is 5.97. The average Bonchev–Trinajstić information content (AvgIpc) is 3.07. The van der Waals surface area contributed by atoms with Crippen LogP contribution < -0.4 is 5.73 Å². The van der Waals surface area contributed by atoms with Crippen molar-refractivity contribution in [2.75, 3.05) is 33.9 Å². The molecule has 0 spiro atoms. The Morgan fingerprint density at radius 3 is 2.26 bits per heavy atom. The Labute approximate surface area is 155 Å². The molecule has 10 heteroatoms. The van der Waals surface area contributed by atoms with Gasteiger partial charge in [-0.1, -0.05) is 6.07 Å². The molecule has 0 fully saturated rings. The van der Waals surface area contributed by atoms with Crippen LogP contribution in [0.3, 0.4) is 0 Å². The summed E-state index contributed by atoms with van der Waals surface area (Å²) in [6.45, 7) is 0. The van der Waals surface area contributed by atoms with Crippen LogP contribution in [0.15, 0.2) is 36.5 Å². The number of fused-ring (bicyclic) bond motifs is 1. The van der Waals surface area contributed by atoms with Crippen molar-refractivity contribution in [3.63, 3.8) is 0 Å². The van der Waals surface area contributed by atoms with E-state index in [4.69, 9.17) is 10.8 Å². The minimum Gasteiger partial charge on any atom is -0.478 e. The van der Waals surface area contributed by atoms with E-state index in [2.05, 4.69) is 15.1 Å². The molecule has 142 valence electrons. The van der Waals surface area contributed by atoms with Gasteiger partial charge in [-0.05, 0) is 24.3 Å². The molecule has 0 unspecified atom stereocenters. The van der Waals surface area contributed by atoms with E-state index < -0.39 is 5.97 Å². The highest BCUT2D eigenvalue weighted by Gasteiger charge is 2.12. The maximum atomic E-state index is 10.9. The highest BCUT2D eigenvalue weighted by atomic mass is 16.4. The first-order chi connectivity index (χ1) is 12.7. The summed E-state index contributed by atoms with van der Waals surface area (Å²) in [5, 5.41) is 13.2. The van der Waals surface area contributed by atoms with Crippen LogP contribution >= 0.6 is 0 Å². The molecule has 3 aromatic heterocycles. The summed E-state index contributed by atoms with van der Waals surface area (Å²) >= 11 is 0. The molecule has 2 amide bonds. The van der Waals surface area contributed by atoms with Crippen molar-refractivity contribution in [2.24, 2.45) is 0 Å². The van der Waals surface area contributed by atoms with Gasteiger partial charge in [0, 0.05) is 34.4 Å². The molecule has 0 atom stereocenters. The molecule has 0 bridgehead atoms. The Kier molecular flexibility index (Phi) is 5.91. The van der Waals surface area contributed by atoms with Gasteiger partial charge in [-0.2, -0.15) is 4.52 Å². The monoisotopic (exact) mass is 371 g/mol. The summed E-state index contributed by atoms with van der Waals surface area (Å²) in [4.78, 5) is 33.1. The first kappa shape index (κ1) is 19.6. The lowest BCUT2D eigenvalue weighted by Gasteiger charge is -2.16. The van der Waals surface area contributed by atoms with Crippen LogP contribution in [-0.2, 0) is 0 Å². The lowest BCUT2D eigenvalue weighted by molar-refractivity contribution is 0.0697. The molecule has 3 N–H and O–H groups in total. The van der Waals surface area contributed by atoms with Crippen molar-refractivity contribution in [1.82, 2.24) is 29.4 Å². The summed E-state index contributed by atoms with van der Waals surface area (Å²) < 4.78 is 1.39. The first-order valence-electron chi connectivity index (χ1n) is 7.90. The van der Waals surface area contributed by atoms with Crippen molar-refractivity contribution < 1.29 is 14.7 Å². The molecular weight excluding hydrogens is 350 g/mol. The van der Waals surface area contributed by atoms with Crippen LogP contribution in [0.4, 0.5) is 10.6 Å². The molecule has 27 heavy (non-hydrogen) atoms. The Hall–Kier alpha value is -3.69. The summed E-state index contributed by atoms with van der Waals surface area (Å²) in [7, 11) is 6.90. The number of anilines is 1. The van der Waals surface area contributed by atoms with E-state index in [0.29, 0.717) is 17.2 Å². The Morgan fingerprint density at radius 2 is 1.78 bits per heavy atom. The quantitative estimate of drug-likeness (QED) is 0.694. The van der Waals surface area contributed by atoms with Gasteiger partial charge in [0.25, 0.3) is 0 Å². The van der Waals surface area contributed by atoms with E-state index in [1.54, 1.807) is 46.5 Å². The number of aromatic carboxylic acids is 1. The predicted octanol–water partition coefficient (Wildman–Crippen LogP) is 1.30. The molecule has 10 nitrogen and oxygen atoms in total. The van der Waals surface area contributed by atoms with Crippen LogP contribution in [0.1, 0.15) is 10.4 Å². The molecule has 0 aromatic carbocycles. The number of hydrogen-bond donors (Lipinski definition) is 2. The fourth-order valence-corrected chi connectivity index (χ4v) is 2.14. The number of carboxylic acids is 1. The van der Waals surface area contributed by atoms with E-state index >= 15 is 0 Å². The highest BCUT2D eigenvalue weighted by molar-refractivity contribution is 5.89. The summed E-state index contributed by atoms with van der Waals surface area (Å²) in [6, 6.07) is 8.15. The van der Waals surface area contributed by atoms with Gasteiger partial charge in [0.2, 0.25) is 5.82 Å². The minimum atomic E-state index is -1.06. The Balaban J connectivity index is 0.000000279. The molecule has 0 aliphatic rings. The maximum absolute atomic E-state index is 10.9. The van der Waals surface area contributed by atoms with E-state index in [-0.39, 0.29) is 17.4 Å². The zero-order valence-electron chi connectivity index (χ0n) is 15.5. The van der Waals surface area contributed by atoms with Gasteiger partial charge in [0.1, 0.15) is 11.5 Å². The zero-order valence-corrected chi connectivity index (χ0v) is 15.5. The van der Waals surface area contributed by atoms with Crippen LogP contribution in [0.5, 0.6) is 0 Å². The van der Waals surface area contributed by atoms with Crippen LogP contribution in [0.25, 0.3) is 17.2 Å². The Bertz CT molecular complexity index is 942. The number of rotatable bonds is 2. The number of carboxylic acid groups (broad SMARTS) is 1. The van der Waals surface area contributed by atoms with Gasteiger partial charge in [-0.15, -0.1) is 5.10 Å². The predicted molar refractivity (Wildman–Crippen MR) is 100 cm³/mol. The number of carbonyl (C=O) groups excluding carboxylic acids is 1. The second-order valence-electron chi connectivity index (χ2n) is 5.97. The normalized spacial score (nSPS) is 10.1. The smallest absolute Gasteiger partial charge is 0.335 e. The third-order valence-corrected chi connectivity index (χ3v) is 3.37. The van der Waals surface area contributed by atoms with Crippen molar-refractivity contribution in [2.45, 2.75) is 0 Å². The first-order valence-corrected chi connectivity index (χ1v) is 7.90. The summed E-state index contributed by atoms with van der Waals surface area (Å²) in [5.74, 6) is -0.448. The lowest BCUT2D eigenvalue weighted by atomic mass is 10.2. The molecule has 0 radical (unpaired) electrons. The fraction of sp³-hybridized carbons (Fsp3) is 0.235. The average molecular weight is 371 g/mol. The molecule has 0 aliphatic carbocycles. The molecule has 0 saturated heterocycles. The third-order valence-electron chi connectivity index (χ3n) is 3.37. The maximum Gasteiger partial charge on any atom is 0.335 e. The minimum absolute atomic E-state index is 0.0185. The molecule has 0 saturated carbocycles. The van der Waals surface area contributed by atoms with Crippen molar-refractivity contribution >= 4 is 23.5 Å². The van der Waals surface area contributed by atoms with Gasteiger partial charge < -0.3 is 20.6 Å². The SMILES string of the molecule is CN(C)C(=O)N(C)C.Nc1cc(C(=O)O)cc2nc(-c3ccccn3)nn12. The number of nitrogens with two attached hydrogens (primary N) is 1. The van der Waals surface area contributed by atoms with Crippen molar-refractivity contribution in [3.8, 4) is 11.5 Å². The van der Waals surface area contributed by atoms with Gasteiger partial charge in [0.05, 0.1) is 5.56 Å². The number of urea groups is 1. The van der Waals surface area contributed by atoms with Crippen LogP contribution in [0, 0.1) is 0 Å². The number of hydrogen-bond acceptors (Lipinski definition) is 6. The van der Waals surface area contributed by atoms with Gasteiger partial charge in [-0.3, -0.25) is 4.98 Å². The summed E-state index contributed by atoms with van der Waals surface area (Å²) in [6.07, 6.45) is 1.63. The number of nitrogen functional groups attached to an aromatic ring is 1. The van der Waals surface area contributed by atoms with Gasteiger partial charge in [0.15, 0.2) is 5.65 Å². The van der Waals surface area contributed by atoms with Crippen LogP contribution in [0.2, 0.25) is 0 Å². The number of nitrogens with zero attached hydrogens (tertiary/aromatic N) is 6. The largest absolute Gasteiger partial charge is 0.478 e. The van der Waals surface area contributed by atoms with Gasteiger partial charge in [-0.25, -0.2) is 14.6 Å². The molecule has 3 aromatic rings. The second kappa shape index (κ2) is 8.13. The highest BCUT2D eigenvalue weighted by Crippen LogP contribution is 2.17. The van der Waals surface area contributed by atoms with E-state index in [1.165, 1.54) is 26.4 Å². The molecule has 3 rings (SSSR count). The number of pyridine rings is 2. The van der Waals surface area contributed by atoms with E-state index in [0.717, 1.165) is 0 Å². The Morgan fingerprint density at radius 1 is 1.11 bits per heavy atom.